The highest BCUT2D eigenvalue weighted by Gasteiger charge is 2.10. The summed E-state index contributed by atoms with van der Waals surface area (Å²) in [7, 11) is 0. The van der Waals surface area contributed by atoms with E-state index in [9.17, 15) is 4.39 Å². The third kappa shape index (κ3) is 3.15. The third-order valence-electron chi connectivity index (χ3n) is 2.35. The van der Waals surface area contributed by atoms with Crippen LogP contribution in [0.15, 0.2) is 30.9 Å². The zero-order valence-corrected chi connectivity index (χ0v) is 8.96. The van der Waals surface area contributed by atoms with Crippen molar-refractivity contribution in [1.82, 2.24) is 5.32 Å². The van der Waals surface area contributed by atoms with Crippen LogP contribution in [-0.2, 0) is 0 Å². The molecule has 0 radical (unpaired) electrons. The molecule has 0 saturated carbocycles. The molecule has 82 valence electrons. The van der Waals surface area contributed by atoms with Gasteiger partial charge in [0.2, 0.25) is 0 Å². The van der Waals surface area contributed by atoms with Crippen molar-refractivity contribution in [2.75, 3.05) is 13.1 Å². The molecule has 1 aromatic rings. The summed E-state index contributed by atoms with van der Waals surface area (Å²) in [5.41, 5.74) is 7.62. The van der Waals surface area contributed by atoms with Crippen LogP contribution in [0.2, 0.25) is 0 Å². The van der Waals surface area contributed by atoms with Gasteiger partial charge in [-0.3, -0.25) is 0 Å². The minimum absolute atomic E-state index is 0.0589. The molecule has 0 saturated heterocycles. The lowest BCUT2D eigenvalue weighted by Gasteiger charge is -2.18. The number of hydrogen-bond donors (Lipinski definition) is 2. The molecule has 0 bridgehead atoms. The standard InChI is InChI=1S/C12H17FN2/c1-3-6-15-12(8-14)11-5-4-10(13)7-9(11)2/h3-5,7,12,15H,1,6,8,14H2,2H3. The van der Waals surface area contributed by atoms with Gasteiger partial charge in [-0.05, 0) is 30.2 Å². The molecule has 3 heteroatoms. The number of hydrogen-bond acceptors (Lipinski definition) is 2. The van der Waals surface area contributed by atoms with Gasteiger partial charge < -0.3 is 11.1 Å². The molecule has 0 heterocycles. The Morgan fingerprint density at radius 3 is 2.87 bits per heavy atom. The monoisotopic (exact) mass is 208 g/mol. The molecule has 0 spiro atoms. The SMILES string of the molecule is C=CCNC(CN)c1ccc(F)cc1C. The molecule has 1 aromatic carbocycles. The van der Waals surface area contributed by atoms with Crippen molar-refractivity contribution in [1.29, 1.82) is 0 Å². The fourth-order valence-electron chi connectivity index (χ4n) is 1.58. The van der Waals surface area contributed by atoms with Crippen molar-refractivity contribution in [2.45, 2.75) is 13.0 Å². The fraction of sp³-hybridized carbons (Fsp3) is 0.333. The molecule has 0 aliphatic carbocycles. The lowest BCUT2D eigenvalue weighted by atomic mass is 10.0. The van der Waals surface area contributed by atoms with E-state index < -0.39 is 0 Å². The summed E-state index contributed by atoms with van der Waals surface area (Å²) < 4.78 is 12.9. The summed E-state index contributed by atoms with van der Waals surface area (Å²) in [6, 6.07) is 4.82. The van der Waals surface area contributed by atoms with Crippen LogP contribution >= 0.6 is 0 Å². The Hall–Kier alpha value is -1.19. The molecule has 15 heavy (non-hydrogen) atoms. The van der Waals surface area contributed by atoms with Crippen LogP contribution in [0.4, 0.5) is 4.39 Å². The molecular weight excluding hydrogens is 191 g/mol. The van der Waals surface area contributed by atoms with Crippen LogP contribution in [0.3, 0.4) is 0 Å². The molecule has 0 aliphatic heterocycles. The first kappa shape index (κ1) is 11.9. The van der Waals surface area contributed by atoms with E-state index in [1.54, 1.807) is 12.1 Å². The lowest BCUT2D eigenvalue weighted by molar-refractivity contribution is 0.570. The van der Waals surface area contributed by atoms with E-state index in [0.29, 0.717) is 13.1 Å². The number of halogens is 1. The van der Waals surface area contributed by atoms with E-state index in [1.807, 2.05) is 6.92 Å². The topological polar surface area (TPSA) is 38.0 Å². The van der Waals surface area contributed by atoms with Gasteiger partial charge in [0, 0.05) is 19.1 Å². The minimum Gasteiger partial charge on any atom is -0.329 e. The molecule has 1 atom stereocenters. The van der Waals surface area contributed by atoms with Gasteiger partial charge in [0.15, 0.2) is 0 Å². The van der Waals surface area contributed by atoms with Crippen LogP contribution < -0.4 is 11.1 Å². The number of nitrogens with one attached hydrogen (secondary N) is 1. The molecule has 0 fully saturated rings. The Morgan fingerprint density at radius 1 is 1.60 bits per heavy atom. The molecule has 0 amide bonds. The first-order valence-corrected chi connectivity index (χ1v) is 4.99. The van der Waals surface area contributed by atoms with Crippen LogP contribution in [0.25, 0.3) is 0 Å². The van der Waals surface area contributed by atoms with Crippen LogP contribution in [-0.4, -0.2) is 13.1 Å². The normalized spacial score (nSPS) is 12.5. The lowest BCUT2D eigenvalue weighted by Crippen LogP contribution is -2.28. The van der Waals surface area contributed by atoms with Crippen molar-refractivity contribution < 1.29 is 4.39 Å². The van der Waals surface area contributed by atoms with E-state index >= 15 is 0 Å². The molecule has 3 N–H and O–H groups in total. The van der Waals surface area contributed by atoms with Gasteiger partial charge >= 0.3 is 0 Å². The van der Waals surface area contributed by atoms with E-state index in [1.165, 1.54) is 12.1 Å². The molecule has 1 rings (SSSR count). The van der Waals surface area contributed by atoms with Crippen molar-refractivity contribution in [3.63, 3.8) is 0 Å². The number of aryl methyl sites for hydroxylation is 1. The van der Waals surface area contributed by atoms with Crippen LogP contribution in [0.1, 0.15) is 17.2 Å². The first-order valence-electron chi connectivity index (χ1n) is 4.99. The van der Waals surface area contributed by atoms with Crippen molar-refractivity contribution in [3.05, 3.63) is 47.8 Å². The second-order valence-electron chi connectivity index (χ2n) is 3.49. The summed E-state index contributed by atoms with van der Waals surface area (Å²) in [4.78, 5) is 0. The van der Waals surface area contributed by atoms with Crippen molar-refractivity contribution in [2.24, 2.45) is 5.73 Å². The molecule has 0 aromatic heterocycles. The Kier molecular flexibility index (Phi) is 4.46. The highest BCUT2D eigenvalue weighted by molar-refractivity contribution is 5.29. The van der Waals surface area contributed by atoms with Crippen molar-refractivity contribution in [3.8, 4) is 0 Å². The average Bonchev–Trinajstić information content (AvgIpc) is 2.21. The van der Waals surface area contributed by atoms with Gasteiger partial charge in [-0.2, -0.15) is 0 Å². The maximum Gasteiger partial charge on any atom is 0.123 e. The maximum absolute atomic E-state index is 12.9. The summed E-state index contributed by atoms with van der Waals surface area (Å²) in [6.07, 6.45) is 1.78. The summed E-state index contributed by atoms with van der Waals surface area (Å²) in [5, 5.41) is 3.23. The summed E-state index contributed by atoms with van der Waals surface area (Å²) in [6.45, 7) is 6.70. The van der Waals surface area contributed by atoms with Gasteiger partial charge in [-0.15, -0.1) is 6.58 Å². The largest absolute Gasteiger partial charge is 0.329 e. The maximum atomic E-state index is 12.9. The first-order chi connectivity index (χ1) is 7.19. The van der Waals surface area contributed by atoms with Gasteiger partial charge in [-0.1, -0.05) is 12.1 Å². The zero-order valence-electron chi connectivity index (χ0n) is 8.96. The van der Waals surface area contributed by atoms with Gasteiger partial charge in [0.1, 0.15) is 5.82 Å². The second kappa shape index (κ2) is 5.63. The smallest absolute Gasteiger partial charge is 0.123 e. The Balaban J connectivity index is 2.86. The van der Waals surface area contributed by atoms with Gasteiger partial charge in [0.25, 0.3) is 0 Å². The van der Waals surface area contributed by atoms with E-state index in [2.05, 4.69) is 11.9 Å². The predicted octanol–water partition coefficient (Wildman–Crippen LogP) is 1.91. The quantitative estimate of drug-likeness (QED) is 0.725. The molecule has 0 aliphatic rings. The number of rotatable bonds is 5. The Labute approximate surface area is 90.0 Å². The molecular formula is C12H17FN2. The van der Waals surface area contributed by atoms with Crippen LogP contribution in [0.5, 0.6) is 0 Å². The highest BCUT2D eigenvalue weighted by atomic mass is 19.1. The Bertz CT molecular complexity index is 336. The zero-order chi connectivity index (χ0) is 11.3. The number of nitrogens with two attached hydrogens (primary N) is 1. The van der Waals surface area contributed by atoms with E-state index in [0.717, 1.165) is 11.1 Å². The predicted molar refractivity (Wildman–Crippen MR) is 61.1 cm³/mol. The van der Waals surface area contributed by atoms with E-state index in [-0.39, 0.29) is 11.9 Å². The van der Waals surface area contributed by atoms with Crippen LogP contribution in [0, 0.1) is 12.7 Å². The Morgan fingerprint density at radius 2 is 2.33 bits per heavy atom. The van der Waals surface area contributed by atoms with Gasteiger partial charge in [-0.25, -0.2) is 4.39 Å². The van der Waals surface area contributed by atoms with Crippen molar-refractivity contribution >= 4 is 0 Å². The fourth-order valence-corrected chi connectivity index (χ4v) is 1.58. The van der Waals surface area contributed by atoms with E-state index in [4.69, 9.17) is 5.73 Å². The van der Waals surface area contributed by atoms with Gasteiger partial charge in [0.05, 0.1) is 0 Å². The molecule has 1 unspecified atom stereocenters. The summed E-state index contributed by atoms with van der Waals surface area (Å²) >= 11 is 0. The minimum atomic E-state index is -0.212. The molecule has 2 nitrogen and oxygen atoms in total. The highest BCUT2D eigenvalue weighted by Crippen LogP contribution is 2.17. The average molecular weight is 208 g/mol. The summed E-state index contributed by atoms with van der Waals surface area (Å²) in [5.74, 6) is -0.212. The third-order valence-corrected chi connectivity index (χ3v) is 2.35. The number of benzene rings is 1. The second-order valence-corrected chi connectivity index (χ2v) is 3.49.